The molecule has 0 atom stereocenters. The van der Waals surface area contributed by atoms with Crippen LogP contribution in [0.5, 0.6) is 0 Å². The van der Waals surface area contributed by atoms with Gasteiger partial charge in [0.25, 0.3) is 0 Å². The van der Waals surface area contributed by atoms with Crippen LogP contribution in [0.1, 0.15) is 11.8 Å². The summed E-state index contributed by atoms with van der Waals surface area (Å²) in [6.07, 6.45) is 0. The summed E-state index contributed by atoms with van der Waals surface area (Å²) in [5, 5.41) is 11.2. The second kappa shape index (κ2) is 4.99. The van der Waals surface area contributed by atoms with Crippen molar-refractivity contribution in [2.45, 2.75) is 6.92 Å². The molecule has 0 aromatic carbocycles. The Balaban J connectivity index is 2.10. The molecule has 0 spiro atoms. The molecule has 0 saturated carbocycles. The Morgan fingerprint density at radius 2 is 2.38 bits per heavy atom. The number of rotatable bonds is 2. The number of thioether (sulfide) groups is 1. The Morgan fingerprint density at radius 3 is 2.94 bits per heavy atom. The van der Waals surface area contributed by atoms with Crippen molar-refractivity contribution in [2.24, 2.45) is 10.2 Å². The van der Waals surface area contributed by atoms with Crippen molar-refractivity contribution in [3.8, 4) is 0 Å². The summed E-state index contributed by atoms with van der Waals surface area (Å²) < 4.78 is 0.723. The summed E-state index contributed by atoms with van der Waals surface area (Å²) in [4.78, 5) is 11.9. The van der Waals surface area contributed by atoms with Gasteiger partial charge in [0.05, 0.1) is 20.7 Å². The minimum Gasteiger partial charge on any atom is -0.303 e. The molecule has 0 radical (unpaired) electrons. The van der Waals surface area contributed by atoms with Crippen LogP contribution in [0.4, 0.5) is 0 Å². The predicted octanol–water partition coefficient (Wildman–Crippen LogP) is 2.34. The molecule has 1 aromatic rings. The van der Waals surface area contributed by atoms with Crippen molar-refractivity contribution in [1.29, 1.82) is 0 Å². The molecule has 1 fully saturated rings. The van der Waals surface area contributed by atoms with Crippen molar-refractivity contribution >= 4 is 51.5 Å². The molecule has 1 aliphatic rings. The van der Waals surface area contributed by atoms with Gasteiger partial charge in [-0.1, -0.05) is 23.4 Å². The first kappa shape index (κ1) is 11.6. The molecule has 7 heteroatoms. The lowest BCUT2D eigenvalue weighted by atomic mass is 10.3. The van der Waals surface area contributed by atoms with Gasteiger partial charge in [-0.3, -0.25) is 4.79 Å². The van der Waals surface area contributed by atoms with E-state index in [9.17, 15) is 4.79 Å². The summed E-state index contributed by atoms with van der Waals surface area (Å²) in [5.41, 5.74) is 0.783. The van der Waals surface area contributed by atoms with Gasteiger partial charge in [0.2, 0.25) is 5.91 Å². The molecular weight excluding hydrogens is 266 g/mol. The maximum atomic E-state index is 10.9. The van der Waals surface area contributed by atoms with Gasteiger partial charge in [-0.05, 0) is 19.1 Å². The summed E-state index contributed by atoms with van der Waals surface area (Å²) in [7, 11) is 0. The van der Waals surface area contributed by atoms with Crippen LogP contribution < -0.4 is 5.32 Å². The van der Waals surface area contributed by atoms with Crippen LogP contribution >= 0.6 is 34.7 Å². The van der Waals surface area contributed by atoms with E-state index in [1.165, 1.54) is 23.1 Å². The number of hydrogen-bond donors (Lipinski definition) is 1. The van der Waals surface area contributed by atoms with Crippen molar-refractivity contribution in [1.82, 2.24) is 5.32 Å². The van der Waals surface area contributed by atoms with Crippen molar-refractivity contribution in [2.75, 3.05) is 5.75 Å². The number of hydrogen-bond acceptors (Lipinski definition) is 5. The Labute approximate surface area is 106 Å². The van der Waals surface area contributed by atoms with E-state index in [1.54, 1.807) is 0 Å². The van der Waals surface area contributed by atoms with Crippen LogP contribution in [0.3, 0.4) is 0 Å². The Bertz CT molecular complexity index is 481. The molecule has 1 aliphatic heterocycles. The summed E-state index contributed by atoms with van der Waals surface area (Å²) in [5.74, 6) is 0.383. The Hall–Kier alpha value is -0.850. The Kier molecular flexibility index (Phi) is 3.63. The van der Waals surface area contributed by atoms with Crippen LogP contribution in [-0.4, -0.2) is 22.5 Å². The molecule has 1 saturated heterocycles. The third-order valence-corrected chi connectivity index (χ3v) is 4.01. The number of amidine groups is 1. The first-order valence-electron chi connectivity index (χ1n) is 4.46. The fourth-order valence-electron chi connectivity index (χ4n) is 1.06. The maximum absolute atomic E-state index is 10.9. The molecule has 1 N–H and O–H groups in total. The standard InChI is InChI=1S/C9H8ClN3OS2/c1-5(6-2-3-7(10)16-6)12-13-9-11-8(14)4-15-9/h2-3H,4H2,1H3,(H,11,13,14)/b12-5+. The molecule has 84 valence electrons. The van der Waals surface area contributed by atoms with Gasteiger partial charge < -0.3 is 5.32 Å². The van der Waals surface area contributed by atoms with Crippen molar-refractivity contribution < 1.29 is 4.79 Å². The van der Waals surface area contributed by atoms with Crippen LogP contribution in [-0.2, 0) is 4.79 Å². The lowest BCUT2D eigenvalue weighted by Gasteiger charge is -1.93. The van der Waals surface area contributed by atoms with Gasteiger partial charge in [0, 0.05) is 0 Å². The fraction of sp³-hybridized carbons (Fsp3) is 0.222. The highest BCUT2D eigenvalue weighted by Crippen LogP contribution is 2.22. The minimum absolute atomic E-state index is 0.0317. The van der Waals surface area contributed by atoms with E-state index in [-0.39, 0.29) is 5.91 Å². The zero-order valence-electron chi connectivity index (χ0n) is 8.36. The second-order valence-corrected chi connectivity index (χ2v) is 5.71. The molecule has 16 heavy (non-hydrogen) atoms. The zero-order chi connectivity index (χ0) is 11.5. The number of halogens is 1. The van der Waals surface area contributed by atoms with Crippen LogP contribution in [0.25, 0.3) is 0 Å². The SMILES string of the molecule is C/C(=N\N=C1/NC(=O)CS1)c1ccc(Cl)s1. The maximum Gasteiger partial charge on any atom is 0.236 e. The molecule has 4 nitrogen and oxygen atoms in total. The van der Waals surface area contributed by atoms with Gasteiger partial charge in [-0.2, -0.15) is 5.10 Å². The lowest BCUT2D eigenvalue weighted by molar-refractivity contribution is -0.116. The van der Waals surface area contributed by atoms with Gasteiger partial charge in [0.1, 0.15) is 0 Å². The van der Waals surface area contributed by atoms with Gasteiger partial charge >= 0.3 is 0 Å². The predicted molar refractivity (Wildman–Crippen MR) is 69.6 cm³/mol. The van der Waals surface area contributed by atoms with Crippen LogP contribution in [0.15, 0.2) is 22.3 Å². The zero-order valence-corrected chi connectivity index (χ0v) is 10.7. The largest absolute Gasteiger partial charge is 0.303 e. The third kappa shape index (κ3) is 2.84. The summed E-state index contributed by atoms with van der Waals surface area (Å²) >= 11 is 8.62. The quantitative estimate of drug-likeness (QED) is 0.664. The number of carbonyl (C=O) groups is 1. The molecule has 1 amide bonds. The van der Waals surface area contributed by atoms with E-state index in [1.807, 2.05) is 19.1 Å². The first-order valence-corrected chi connectivity index (χ1v) is 6.64. The van der Waals surface area contributed by atoms with E-state index in [0.29, 0.717) is 10.9 Å². The summed E-state index contributed by atoms with van der Waals surface area (Å²) in [6, 6.07) is 3.71. The van der Waals surface area contributed by atoms with Crippen molar-refractivity contribution in [3.63, 3.8) is 0 Å². The normalized spacial score (nSPS) is 19.2. The summed E-state index contributed by atoms with van der Waals surface area (Å²) in [6.45, 7) is 1.85. The number of amides is 1. The number of nitrogens with one attached hydrogen (secondary N) is 1. The second-order valence-electron chi connectivity index (χ2n) is 3.03. The molecule has 1 aromatic heterocycles. The van der Waals surface area contributed by atoms with E-state index in [4.69, 9.17) is 11.6 Å². The molecule has 0 aliphatic carbocycles. The molecule has 0 bridgehead atoms. The Morgan fingerprint density at radius 1 is 1.56 bits per heavy atom. The van der Waals surface area contributed by atoms with E-state index < -0.39 is 0 Å². The smallest absolute Gasteiger partial charge is 0.236 e. The van der Waals surface area contributed by atoms with E-state index in [0.717, 1.165) is 14.9 Å². The van der Waals surface area contributed by atoms with Gasteiger partial charge in [-0.25, -0.2) is 0 Å². The van der Waals surface area contributed by atoms with E-state index in [2.05, 4.69) is 15.5 Å². The third-order valence-electron chi connectivity index (χ3n) is 1.81. The highest BCUT2D eigenvalue weighted by Gasteiger charge is 2.16. The molecule has 2 heterocycles. The topological polar surface area (TPSA) is 53.8 Å². The van der Waals surface area contributed by atoms with Crippen LogP contribution in [0, 0.1) is 0 Å². The highest BCUT2D eigenvalue weighted by atomic mass is 35.5. The van der Waals surface area contributed by atoms with Gasteiger partial charge in [-0.15, -0.1) is 16.4 Å². The van der Waals surface area contributed by atoms with E-state index >= 15 is 0 Å². The van der Waals surface area contributed by atoms with Gasteiger partial charge in [0.15, 0.2) is 5.17 Å². The monoisotopic (exact) mass is 273 g/mol. The molecule has 0 unspecified atom stereocenters. The highest BCUT2D eigenvalue weighted by molar-refractivity contribution is 8.15. The average molecular weight is 274 g/mol. The average Bonchev–Trinajstić information content (AvgIpc) is 2.84. The molecule has 2 rings (SSSR count). The number of carbonyl (C=O) groups excluding carboxylic acids is 1. The lowest BCUT2D eigenvalue weighted by Crippen LogP contribution is -2.19. The van der Waals surface area contributed by atoms with Crippen LogP contribution in [0.2, 0.25) is 4.34 Å². The number of nitrogens with zero attached hydrogens (tertiary/aromatic N) is 2. The minimum atomic E-state index is -0.0317. The fourth-order valence-corrected chi connectivity index (χ4v) is 2.67. The first-order chi connectivity index (χ1) is 7.65. The number of thiophene rings is 1. The van der Waals surface area contributed by atoms with Crippen molar-refractivity contribution in [3.05, 3.63) is 21.3 Å². The molecular formula is C9H8ClN3OS2.